The Bertz CT molecular complexity index is 1140. The summed E-state index contributed by atoms with van der Waals surface area (Å²) in [6.07, 6.45) is 4.88. The van der Waals surface area contributed by atoms with Crippen LogP contribution >= 0.6 is 0 Å². The number of hydrogen-bond acceptors (Lipinski definition) is 5. The fourth-order valence-electron chi connectivity index (χ4n) is 4.52. The SMILES string of the molecule is CCCN1CCC(c2c[nH]c3ccc(N(C(=O)Nc4ccccc4)C(=O)OC(C)CC)nc23)CC1. The first-order valence-electron chi connectivity index (χ1n) is 12.6. The molecule has 1 fully saturated rings. The topological polar surface area (TPSA) is 90.6 Å². The van der Waals surface area contributed by atoms with Crippen LogP contribution < -0.4 is 10.2 Å². The lowest BCUT2D eigenvalue weighted by atomic mass is 9.90. The zero-order valence-electron chi connectivity index (χ0n) is 20.8. The highest BCUT2D eigenvalue weighted by molar-refractivity contribution is 6.16. The summed E-state index contributed by atoms with van der Waals surface area (Å²) in [7, 11) is 0. The lowest BCUT2D eigenvalue weighted by Gasteiger charge is -2.31. The molecule has 0 aliphatic carbocycles. The molecule has 0 saturated carbocycles. The van der Waals surface area contributed by atoms with Crippen molar-refractivity contribution < 1.29 is 14.3 Å². The Morgan fingerprint density at radius 3 is 2.60 bits per heavy atom. The van der Waals surface area contributed by atoms with E-state index in [1.807, 2.05) is 37.4 Å². The third-order valence-electron chi connectivity index (χ3n) is 6.62. The molecule has 8 nitrogen and oxygen atoms in total. The fourth-order valence-corrected chi connectivity index (χ4v) is 4.52. The summed E-state index contributed by atoms with van der Waals surface area (Å²) >= 11 is 0. The van der Waals surface area contributed by atoms with Crippen molar-refractivity contribution in [3.63, 3.8) is 0 Å². The van der Waals surface area contributed by atoms with Crippen molar-refractivity contribution in [2.75, 3.05) is 29.9 Å². The Kier molecular flexibility index (Phi) is 8.02. The van der Waals surface area contributed by atoms with Gasteiger partial charge in [-0.05, 0) is 88.0 Å². The number of fused-ring (bicyclic) bond motifs is 1. The number of carbonyl (C=O) groups excluding carboxylic acids is 2. The zero-order chi connectivity index (χ0) is 24.8. The molecule has 4 rings (SSSR count). The lowest BCUT2D eigenvalue weighted by Crippen LogP contribution is -2.42. The molecule has 1 aliphatic heterocycles. The Labute approximate surface area is 206 Å². The van der Waals surface area contributed by atoms with Crippen molar-refractivity contribution in [1.29, 1.82) is 0 Å². The number of para-hydroxylation sites is 1. The summed E-state index contributed by atoms with van der Waals surface area (Å²) in [4.78, 5) is 37.9. The van der Waals surface area contributed by atoms with E-state index in [9.17, 15) is 9.59 Å². The number of anilines is 2. The van der Waals surface area contributed by atoms with Crippen LogP contribution in [-0.4, -0.2) is 52.7 Å². The standard InChI is InChI=1S/C27H35N5O3/c1-4-15-31-16-13-20(14-17-31)22-18-28-23-11-12-24(30-25(22)23)32(27(34)35-19(3)5-2)26(33)29-21-9-7-6-8-10-21/h6-12,18-20,28H,4-5,13-17H2,1-3H3,(H,29,33). The molecule has 1 aromatic carbocycles. The second kappa shape index (κ2) is 11.4. The molecule has 1 unspecified atom stereocenters. The van der Waals surface area contributed by atoms with Gasteiger partial charge in [0, 0.05) is 11.9 Å². The van der Waals surface area contributed by atoms with Crippen LogP contribution in [0, 0.1) is 0 Å². The Hall–Kier alpha value is -3.39. The normalized spacial score (nSPS) is 15.6. The maximum Gasteiger partial charge on any atom is 0.424 e. The number of carbonyl (C=O) groups is 2. The van der Waals surface area contributed by atoms with Gasteiger partial charge in [-0.3, -0.25) is 0 Å². The molecule has 35 heavy (non-hydrogen) atoms. The highest BCUT2D eigenvalue weighted by Gasteiger charge is 2.29. The number of aromatic amines is 1. The number of nitrogens with one attached hydrogen (secondary N) is 2. The first-order valence-corrected chi connectivity index (χ1v) is 12.6. The summed E-state index contributed by atoms with van der Waals surface area (Å²) in [5.74, 6) is 0.627. The number of hydrogen-bond donors (Lipinski definition) is 2. The quantitative estimate of drug-likeness (QED) is 0.427. The van der Waals surface area contributed by atoms with Crippen molar-refractivity contribution in [1.82, 2.24) is 14.9 Å². The van der Waals surface area contributed by atoms with Crippen molar-refractivity contribution in [3.05, 3.63) is 54.2 Å². The summed E-state index contributed by atoms with van der Waals surface area (Å²) < 4.78 is 5.52. The Balaban J connectivity index is 1.63. The number of ether oxygens (including phenoxy) is 1. The van der Waals surface area contributed by atoms with Crippen molar-refractivity contribution in [2.24, 2.45) is 0 Å². The second-order valence-electron chi connectivity index (χ2n) is 9.16. The monoisotopic (exact) mass is 477 g/mol. The van der Waals surface area contributed by atoms with Crippen molar-refractivity contribution in [3.8, 4) is 0 Å². The number of urea groups is 1. The van der Waals surface area contributed by atoms with E-state index in [0.717, 1.165) is 60.4 Å². The minimum atomic E-state index is -0.746. The van der Waals surface area contributed by atoms with Gasteiger partial charge >= 0.3 is 12.1 Å². The average Bonchev–Trinajstić information content (AvgIpc) is 3.29. The van der Waals surface area contributed by atoms with E-state index in [-0.39, 0.29) is 11.9 Å². The third kappa shape index (κ3) is 5.82. The van der Waals surface area contributed by atoms with E-state index in [1.54, 1.807) is 25.1 Å². The zero-order valence-corrected chi connectivity index (χ0v) is 20.8. The van der Waals surface area contributed by atoms with Gasteiger partial charge < -0.3 is 19.9 Å². The summed E-state index contributed by atoms with van der Waals surface area (Å²) in [6.45, 7) is 9.21. The smallest absolute Gasteiger partial charge is 0.424 e. The molecule has 3 amide bonds. The van der Waals surface area contributed by atoms with Crippen molar-refractivity contribution >= 4 is 34.7 Å². The maximum absolute atomic E-state index is 13.2. The molecule has 186 valence electrons. The summed E-state index contributed by atoms with van der Waals surface area (Å²) in [6, 6.07) is 12.0. The number of nitrogens with zero attached hydrogens (tertiary/aromatic N) is 3. The second-order valence-corrected chi connectivity index (χ2v) is 9.16. The number of rotatable bonds is 7. The predicted octanol–water partition coefficient (Wildman–Crippen LogP) is 6.13. The summed E-state index contributed by atoms with van der Waals surface area (Å²) in [5, 5.41) is 2.78. The fraction of sp³-hybridized carbons (Fsp3) is 0.444. The largest absolute Gasteiger partial charge is 0.446 e. The molecule has 3 aromatic rings. The molecule has 1 aliphatic rings. The van der Waals surface area contributed by atoms with Crippen LogP contribution in [-0.2, 0) is 4.74 Å². The van der Waals surface area contributed by atoms with E-state index in [0.29, 0.717) is 18.0 Å². The number of imide groups is 1. The first-order chi connectivity index (χ1) is 17.0. The molecular weight excluding hydrogens is 442 g/mol. The van der Waals surface area contributed by atoms with Gasteiger partial charge in [0.1, 0.15) is 11.9 Å². The third-order valence-corrected chi connectivity index (χ3v) is 6.62. The van der Waals surface area contributed by atoms with Crippen molar-refractivity contribution in [2.45, 2.75) is 58.5 Å². The van der Waals surface area contributed by atoms with Gasteiger partial charge in [0.15, 0.2) is 0 Å². The molecule has 2 N–H and O–H groups in total. The van der Waals surface area contributed by atoms with Gasteiger partial charge in [0.2, 0.25) is 0 Å². The van der Waals surface area contributed by atoms with Crippen LogP contribution in [0.5, 0.6) is 0 Å². The van der Waals surface area contributed by atoms with Gasteiger partial charge in [-0.15, -0.1) is 0 Å². The van der Waals surface area contributed by atoms with Gasteiger partial charge in [-0.2, -0.15) is 4.90 Å². The maximum atomic E-state index is 13.2. The van der Waals surface area contributed by atoms with Gasteiger partial charge in [-0.1, -0.05) is 32.0 Å². The molecule has 0 bridgehead atoms. The van der Waals surface area contributed by atoms with E-state index in [4.69, 9.17) is 9.72 Å². The van der Waals surface area contributed by atoms with Gasteiger partial charge in [-0.25, -0.2) is 14.6 Å². The van der Waals surface area contributed by atoms with Gasteiger partial charge in [0.05, 0.1) is 11.0 Å². The highest BCUT2D eigenvalue weighted by Crippen LogP contribution is 2.33. The summed E-state index contributed by atoms with van der Waals surface area (Å²) in [5.41, 5.74) is 3.40. The lowest BCUT2D eigenvalue weighted by molar-refractivity contribution is 0.113. The van der Waals surface area contributed by atoms with E-state index in [1.165, 1.54) is 0 Å². The minimum absolute atomic E-state index is 0.239. The number of likely N-dealkylation sites (tertiary alicyclic amines) is 1. The van der Waals surface area contributed by atoms with Gasteiger partial charge in [0.25, 0.3) is 0 Å². The number of piperidine rings is 1. The van der Waals surface area contributed by atoms with Crippen LogP contribution in [0.2, 0.25) is 0 Å². The van der Waals surface area contributed by atoms with Crippen LogP contribution in [0.3, 0.4) is 0 Å². The van der Waals surface area contributed by atoms with E-state index >= 15 is 0 Å². The molecule has 0 radical (unpaired) electrons. The number of amides is 3. The molecule has 1 atom stereocenters. The first kappa shape index (κ1) is 24.7. The molecule has 1 saturated heterocycles. The molecule has 2 aromatic heterocycles. The van der Waals surface area contributed by atoms with Crippen LogP contribution in [0.25, 0.3) is 11.0 Å². The minimum Gasteiger partial charge on any atom is -0.446 e. The van der Waals surface area contributed by atoms with Crippen LogP contribution in [0.1, 0.15) is 57.9 Å². The number of aromatic nitrogens is 2. The average molecular weight is 478 g/mol. The molecular formula is C27H35N5O3. The van der Waals surface area contributed by atoms with E-state index < -0.39 is 12.1 Å². The predicted molar refractivity (Wildman–Crippen MR) is 139 cm³/mol. The van der Waals surface area contributed by atoms with Crippen LogP contribution in [0.4, 0.5) is 21.1 Å². The number of H-pyrrole nitrogens is 1. The highest BCUT2D eigenvalue weighted by atomic mass is 16.6. The number of benzene rings is 1. The van der Waals surface area contributed by atoms with Crippen LogP contribution in [0.15, 0.2) is 48.7 Å². The molecule has 8 heteroatoms. The Morgan fingerprint density at radius 1 is 1.17 bits per heavy atom. The molecule has 0 spiro atoms. The molecule has 3 heterocycles. The van der Waals surface area contributed by atoms with E-state index in [2.05, 4.69) is 22.1 Å². The Morgan fingerprint density at radius 2 is 1.91 bits per heavy atom. The number of pyridine rings is 1.